The van der Waals surface area contributed by atoms with E-state index >= 15 is 0 Å². The van der Waals surface area contributed by atoms with E-state index in [1.807, 2.05) is 38.1 Å². The molecule has 0 bridgehead atoms. The largest absolute Gasteiger partial charge is 0.493 e. The van der Waals surface area contributed by atoms with E-state index in [1.54, 1.807) is 0 Å². The molecule has 0 spiro atoms. The summed E-state index contributed by atoms with van der Waals surface area (Å²) in [6.45, 7) is 13.0. The highest BCUT2D eigenvalue weighted by Crippen LogP contribution is 2.33. The average Bonchev–Trinajstić information content (AvgIpc) is 2.89. The first kappa shape index (κ1) is 29.4. The van der Waals surface area contributed by atoms with Crippen LogP contribution >= 0.6 is 0 Å². The first-order valence-corrected chi connectivity index (χ1v) is 12.3. The molecule has 3 unspecified atom stereocenters. The predicted molar refractivity (Wildman–Crippen MR) is 139 cm³/mol. The van der Waals surface area contributed by atoms with Crippen molar-refractivity contribution in [2.45, 2.75) is 39.2 Å². The maximum Gasteiger partial charge on any atom is 0.330 e. The summed E-state index contributed by atoms with van der Waals surface area (Å²) in [7, 11) is 0. The lowest BCUT2D eigenvalue weighted by atomic mass is 9.78. The number of ether oxygens (including phenoxy) is 4. The Morgan fingerprint density at radius 3 is 1.83 bits per heavy atom. The van der Waals surface area contributed by atoms with Gasteiger partial charge in [0, 0.05) is 29.9 Å². The van der Waals surface area contributed by atoms with Crippen molar-refractivity contribution >= 4 is 5.97 Å². The highest BCUT2D eigenvalue weighted by atomic mass is 16.5. The Kier molecular flexibility index (Phi) is 11.9. The van der Waals surface area contributed by atoms with Gasteiger partial charge in [-0.3, -0.25) is 0 Å². The van der Waals surface area contributed by atoms with Crippen LogP contribution < -0.4 is 9.47 Å². The van der Waals surface area contributed by atoms with Crippen LogP contribution in [-0.4, -0.2) is 61.9 Å². The summed E-state index contributed by atoms with van der Waals surface area (Å²) >= 11 is 0. The monoisotopic (exact) mass is 500 g/mol. The maximum atomic E-state index is 11.0. The van der Waals surface area contributed by atoms with Crippen LogP contribution in [0, 0.1) is 11.8 Å². The summed E-state index contributed by atoms with van der Waals surface area (Å²) in [5.41, 5.74) is 2.14. The molecule has 2 aromatic rings. The fourth-order valence-electron chi connectivity index (χ4n) is 3.37. The van der Waals surface area contributed by atoms with E-state index < -0.39 is 12.1 Å². The smallest absolute Gasteiger partial charge is 0.330 e. The number of carbonyl (C=O) groups is 1. The Bertz CT molecular complexity index is 922. The lowest BCUT2D eigenvalue weighted by Gasteiger charge is -2.26. The van der Waals surface area contributed by atoms with E-state index in [-0.39, 0.29) is 37.1 Å². The van der Waals surface area contributed by atoms with Gasteiger partial charge in [0.1, 0.15) is 24.2 Å². The summed E-state index contributed by atoms with van der Waals surface area (Å²) in [6, 6.07) is 16.2. The van der Waals surface area contributed by atoms with Crippen molar-refractivity contribution in [3.8, 4) is 11.5 Å². The van der Waals surface area contributed by atoms with E-state index in [4.69, 9.17) is 24.1 Å². The molecule has 0 aliphatic rings. The van der Waals surface area contributed by atoms with Gasteiger partial charge in [0.15, 0.2) is 0 Å². The number of aliphatic hydroxyl groups excluding tert-OH is 2. The molecule has 0 aromatic heterocycles. The molecule has 0 fully saturated rings. The number of hydrogen-bond acceptors (Lipinski definition) is 7. The molecule has 0 radical (unpaired) electrons. The Balaban J connectivity index is 1.80. The standard InChI is InChI=1S/C29H40O7/c1-6-28(32)36-20-25(31)19-33-16-22(3)18-35-27-13-9-24(10-14-27)29(4,5)23-7-11-26(12-8-23)34-17-21(2)15-30/h6-14,21-22,25,30-31H,1,15-20H2,2-5H3. The summed E-state index contributed by atoms with van der Waals surface area (Å²) in [4.78, 5) is 11.0. The summed E-state index contributed by atoms with van der Waals surface area (Å²) in [5, 5.41) is 18.9. The zero-order valence-electron chi connectivity index (χ0n) is 21.8. The van der Waals surface area contributed by atoms with Crippen LogP contribution in [0.5, 0.6) is 11.5 Å². The van der Waals surface area contributed by atoms with Crippen molar-refractivity contribution in [2.75, 3.05) is 39.6 Å². The average molecular weight is 501 g/mol. The third kappa shape index (κ3) is 9.64. The normalized spacial score (nSPS) is 13.9. The van der Waals surface area contributed by atoms with Gasteiger partial charge in [-0.2, -0.15) is 0 Å². The number of esters is 1. The minimum Gasteiger partial charge on any atom is -0.493 e. The highest BCUT2D eigenvalue weighted by molar-refractivity contribution is 5.81. The Morgan fingerprint density at radius 2 is 1.36 bits per heavy atom. The summed E-state index contributed by atoms with van der Waals surface area (Å²) in [6.07, 6.45) is 0.174. The van der Waals surface area contributed by atoms with Gasteiger partial charge in [0.2, 0.25) is 0 Å². The van der Waals surface area contributed by atoms with E-state index in [1.165, 1.54) is 11.1 Å². The van der Waals surface area contributed by atoms with Crippen LogP contribution in [0.3, 0.4) is 0 Å². The zero-order chi connectivity index (χ0) is 26.6. The molecule has 2 N–H and O–H groups in total. The van der Waals surface area contributed by atoms with E-state index in [0.29, 0.717) is 19.8 Å². The molecule has 0 saturated heterocycles. The van der Waals surface area contributed by atoms with Crippen molar-refractivity contribution in [1.29, 1.82) is 0 Å². The van der Waals surface area contributed by atoms with Crippen molar-refractivity contribution in [2.24, 2.45) is 11.8 Å². The van der Waals surface area contributed by atoms with Crippen LogP contribution in [0.1, 0.15) is 38.8 Å². The second-order valence-electron chi connectivity index (χ2n) is 9.71. The molecule has 0 amide bonds. The topological polar surface area (TPSA) is 94.5 Å². The maximum absolute atomic E-state index is 11.0. The Labute approximate surface area is 214 Å². The first-order chi connectivity index (χ1) is 17.1. The van der Waals surface area contributed by atoms with Crippen molar-refractivity contribution in [1.82, 2.24) is 0 Å². The predicted octanol–water partition coefficient (Wildman–Crippen LogP) is 4.14. The third-order valence-electron chi connectivity index (χ3n) is 5.83. The lowest BCUT2D eigenvalue weighted by Crippen LogP contribution is -2.25. The van der Waals surface area contributed by atoms with Crippen LogP contribution in [0.25, 0.3) is 0 Å². The van der Waals surface area contributed by atoms with Gasteiger partial charge in [-0.1, -0.05) is 58.5 Å². The van der Waals surface area contributed by atoms with Gasteiger partial charge in [-0.05, 0) is 35.4 Å². The molecule has 3 atom stereocenters. The van der Waals surface area contributed by atoms with E-state index in [9.17, 15) is 9.90 Å². The molecule has 0 aliphatic heterocycles. The highest BCUT2D eigenvalue weighted by Gasteiger charge is 2.23. The number of rotatable bonds is 16. The Hall–Kier alpha value is -2.87. The second-order valence-corrected chi connectivity index (χ2v) is 9.71. The molecule has 36 heavy (non-hydrogen) atoms. The summed E-state index contributed by atoms with van der Waals surface area (Å²) < 4.78 is 21.9. The van der Waals surface area contributed by atoms with Crippen LogP contribution in [-0.2, 0) is 19.7 Å². The van der Waals surface area contributed by atoms with E-state index in [2.05, 4.69) is 44.7 Å². The van der Waals surface area contributed by atoms with Crippen LogP contribution in [0.15, 0.2) is 61.2 Å². The van der Waals surface area contributed by atoms with E-state index in [0.717, 1.165) is 17.6 Å². The Morgan fingerprint density at radius 1 is 0.861 bits per heavy atom. The lowest BCUT2D eigenvalue weighted by molar-refractivity contribution is -0.142. The summed E-state index contributed by atoms with van der Waals surface area (Å²) in [5.74, 6) is 1.22. The van der Waals surface area contributed by atoms with Gasteiger partial charge in [-0.25, -0.2) is 4.79 Å². The van der Waals surface area contributed by atoms with Gasteiger partial charge >= 0.3 is 5.97 Å². The molecular formula is C29H40O7. The molecule has 2 aromatic carbocycles. The molecule has 198 valence electrons. The number of aliphatic hydroxyl groups is 2. The molecule has 2 rings (SSSR count). The number of hydrogen-bond donors (Lipinski definition) is 2. The van der Waals surface area contributed by atoms with Gasteiger partial charge in [0.25, 0.3) is 0 Å². The van der Waals surface area contributed by atoms with Gasteiger partial charge < -0.3 is 29.2 Å². The molecular weight excluding hydrogens is 460 g/mol. The minimum atomic E-state index is -0.878. The quantitative estimate of drug-likeness (QED) is 0.264. The molecule has 7 nitrogen and oxygen atoms in total. The fourth-order valence-corrected chi connectivity index (χ4v) is 3.37. The van der Waals surface area contributed by atoms with Crippen molar-refractivity contribution in [3.63, 3.8) is 0 Å². The SMILES string of the molecule is C=CC(=O)OCC(O)COCC(C)COc1ccc(C(C)(C)c2ccc(OCC(C)CO)cc2)cc1. The fraction of sp³-hybridized carbons (Fsp3) is 0.483. The van der Waals surface area contributed by atoms with Crippen molar-refractivity contribution < 1.29 is 34.0 Å². The minimum absolute atomic E-state index is 0.0768. The van der Waals surface area contributed by atoms with Crippen LogP contribution in [0.4, 0.5) is 0 Å². The molecule has 7 heteroatoms. The first-order valence-electron chi connectivity index (χ1n) is 12.3. The zero-order valence-corrected chi connectivity index (χ0v) is 21.8. The molecule has 0 heterocycles. The van der Waals surface area contributed by atoms with Crippen molar-refractivity contribution in [3.05, 3.63) is 72.3 Å². The van der Waals surface area contributed by atoms with Gasteiger partial charge in [-0.15, -0.1) is 0 Å². The van der Waals surface area contributed by atoms with Gasteiger partial charge in [0.05, 0.1) is 26.4 Å². The number of benzene rings is 2. The van der Waals surface area contributed by atoms with Crippen LogP contribution in [0.2, 0.25) is 0 Å². The molecule has 0 aliphatic carbocycles. The third-order valence-corrected chi connectivity index (χ3v) is 5.83. The molecule has 0 saturated carbocycles. The second kappa shape index (κ2) is 14.6. The number of carbonyl (C=O) groups excluding carboxylic acids is 1.